The fraction of sp³-hybridized carbons (Fsp3) is 0.133. The largest absolute Gasteiger partial charge is 0.493 e. The van der Waals surface area contributed by atoms with E-state index in [0.717, 1.165) is 11.3 Å². The minimum atomic E-state index is 0.301. The van der Waals surface area contributed by atoms with Crippen molar-refractivity contribution in [1.29, 1.82) is 5.26 Å². The van der Waals surface area contributed by atoms with E-state index in [1.807, 2.05) is 48.5 Å². The molecule has 2 rings (SSSR count). The molecule has 2 aromatic carbocycles. The van der Waals surface area contributed by atoms with E-state index >= 15 is 0 Å². The highest BCUT2D eigenvalue weighted by Crippen LogP contribution is 2.34. The van der Waals surface area contributed by atoms with Crippen LogP contribution in [-0.4, -0.2) is 7.11 Å². The van der Waals surface area contributed by atoms with Gasteiger partial charge in [0.2, 0.25) is 0 Å². The summed E-state index contributed by atoms with van der Waals surface area (Å²) in [4.78, 5) is 0. The van der Waals surface area contributed by atoms with Crippen LogP contribution in [-0.2, 0) is 6.42 Å². The first-order valence-corrected chi connectivity index (χ1v) is 5.61. The van der Waals surface area contributed by atoms with Gasteiger partial charge >= 0.3 is 0 Å². The lowest BCUT2D eigenvalue weighted by molar-refractivity contribution is 0.375. The Kier molecular flexibility index (Phi) is 3.83. The molecule has 0 amide bonds. The predicted molar refractivity (Wildman–Crippen MR) is 68.8 cm³/mol. The molecule has 18 heavy (non-hydrogen) atoms. The molecule has 0 saturated heterocycles. The molecule has 2 aromatic rings. The third kappa shape index (κ3) is 2.61. The normalized spacial score (nSPS) is 9.56. The monoisotopic (exact) mass is 239 g/mol. The summed E-state index contributed by atoms with van der Waals surface area (Å²) in [6.45, 7) is 0. The predicted octanol–water partition coefficient (Wildman–Crippen LogP) is 3.55. The van der Waals surface area contributed by atoms with Crippen molar-refractivity contribution in [2.75, 3.05) is 7.11 Å². The van der Waals surface area contributed by atoms with Crippen molar-refractivity contribution in [3.63, 3.8) is 0 Å². The molecule has 0 bridgehead atoms. The number of hydrogen-bond donors (Lipinski definition) is 0. The van der Waals surface area contributed by atoms with Gasteiger partial charge in [0.25, 0.3) is 0 Å². The van der Waals surface area contributed by atoms with Crippen LogP contribution >= 0.6 is 0 Å². The van der Waals surface area contributed by atoms with E-state index < -0.39 is 0 Å². The SMILES string of the molecule is COc1c(CC#N)cccc1Oc1ccccc1. The van der Waals surface area contributed by atoms with E-state index in [-0.39, 0.29) is 0 Å². The van der Waals surface area contributed by atoms with Crippen LogP contribution < -0.4 is 9.47 Å². The van der Waals surface area contributed by atoms with Crippen molar-refractivity contribution in [2.45, 2.75) is 6.42 Å². The second-order valence-corrected chi connectivity index (χ2v) is 3.70. The summed E-state index contributed by atoms with van der Waals surface area (Å²) >= 11 is 0. The van der Waals surface area contributed by atoms with Gasteiger partial charge < -0.3 is 9.47 Å². The number of methoxy groups -OCH3 is 1. The van der Waals surface area contributed by atoms with Gasteiger partial charge in [0.15, 0.2) is 11.5 Å². The molecule has 0 aliphatic carbocycles. The van der Waals surface area contributed by atoms with Crippen molar-refractivity contribution >= 4 is 0 Å². The van der Waals surface area contributed by atoms with Crippen LogP contribution in [0.25, 0.3) is 0 Å². The molecule has 0 heterocycles. The number of nitrogens with zero attached hydrogens (tertiary/aromatic N) is 1. The Labute approximate surface area is 106 Å². The van der Waals surface area contributed by atoms with Crippen LogP contribution in [0.3, 0.4) is 0 Å². The molecule has 3 nitrogen and oxygen atoms in total. The maximum absolute atomic E-state index is 8.77. The van der Waals surface area contributed by atoms with Crippen LogP contribution in [0.15, 0.2) is 48.5 Å². The maximum atomic E-state index is 8.77. The second-order valence-electron chi connectivity index (χ2n) is 3.70. The zero-order valence-electron chi connectivity index (χ0n) is 10.1. The van der Waals surface area contributed by atoms with Crippen LogP contribution in [0.5, 0.6) is 17.2 Å². The van der Waals surface area contributed by atoms with Crippen LogP contribution in [0.4, 0.5) is 0 Å². The quantitative estimate of drug-likeness (QED) is 0.819. The Hall–Kier alpha value is -2.47. The number of para-hydroxylation sites is 2. The summed E-state index contributed by atoms with van der Waals surface area (Å²) in [5.41, 5.74) is 0.827. The highest BCUT2D eigenvalue weighted by Gasteiger charge is 2.10. The maximum Gasteiger partial charge on any atom is 0.169 e. The lowest BCUT2D eigenvalue weighted by Crippen LogP contribution is -1.95. The lowest BCUT2D eigenvalue weighted by atomic mass is 10.1. The molecule has 3 heteroatoms. The molecular formula is C15H13NO2. The average Bonchev–Trinajstić information content (AvgIpc) is 2.41. The van der Waals surface area contributed by atoms with Gasteiger partial charge in [0, 0.05) is 5.56 Å². The highest BCUT2D eigenvalue weighted by molar-refractivity contribution is 5.49. The van der Waals surface area contributed by atoms with Crippen LogP contribution in [0.1, 0.15) is 5.56 Å². The molecule has 0 aliphatic rings. The first-order chi connectivity index (χ1) is 8.85. The number of nitriles is 1. The van der Waals surface area contributed by atoms with Gasteiger partial charge in [-0.05, 0) is 18.2 Å². The number of ether oxygens (including phenoxy) is 2. The minimum absolute atomic E-state index is 0.301. The van der Waals surface area contributed by atoms with Gasteiger partial charge in [0.1, 0.15) is 5.75 Å². The zero-order valence-corrected chi connectivity index (χ0v) is 10.1. The molecule has 0 saturated carbocycles. The van der Waals surface area contributed by atoms with E-state index in [9.17, 15) is 0 Å². The molecule has 0 fully saturated rings. The zero-order chi connectivity index (χ0) is 12.8. The van der Waals surface area contributed by atoms with Gasteiger partial charge in [0.05, 0.1) is 19.6 Å². The standard InChI is InChI=1S/C15H13NO2/c1-17-15-12(10-11-16)6-5-9-14(15)18-13-7-3-2-4-8-13/h2-9H,10H2,1H3. The fourth-order valence-corrected chi connectivity index (χ4v) is 1.71. The molecule has 0 unspecified atom stereocenters. The average molecular weight is 239 g/mol. The Balaban J connectivity index is 2.33. The fourth-order valence-electron chi connectivity index (χ4n) is 1.71. The van der Waals surface area contributed by atoms with Crippen LogP contribution in [0, 0.1) is 11.3 Å². The van der Waals surface area contributed by atoms with Crippen molar-refractivity contribution in [2.24, 2.45) is 0 Å². The van der Waals surface area contributed by atoms with Gasteiger partial charge in [-0.3, -0.25) is 0 Å². The summed E-state index contributed by atoms with van der Waals surface area (Å²) < 4.78 is 11.1. The smallest absolute Gasteiger partial charge is 0.169 e. The topological polar surface area (TPSA) is 42.2 Å². The molecule has 0 aliphatic heterocycles. The Morgan fingerprint density at radius 2 is 1.83 bits per heavy atom. The van der Waals surface area contributed by atoms with Crippen molar-refractivity contribution in [3.8, 4) is 23.3 Å². The van der Waals surface area contributed by atoms with E-state index in [1.165, 1.54) is 0 Å². The molecule has 0 aromatic heterocycles. The summed E-state index contributed by atoms with van der Waals surface area (Å²) in [5.74, 6) is 1.98. The molecule has 0 radical (unpaired) electrons. The van der Waals surface area contributed by atoms with Gasteiger partial charge in [-0.1, -0.05) is 30.3 Å². The molecule has 0 atom stereocenters. The Morgan fingerprint density at radius 3 is 2.50 bits per heavy atom. The van der Waals surface area contributed by atoms with E-state index in [4.69, 9.17) is 14.7 Å². The van der Waals surface area contributed by atoms with Crippen molar-refractivity contribution in [1.82, 2.24) is 0 Å². The van der Waals surface area contributed by atoms with E-state index in [0.29, 0.717) is 17.9 Å². The number of rotatable bonds is 4. The van der Waals surface area contributed by atoms with Gasteiger partial charge in [-0.25, -0.2) is 0 Å². The number of benzene rings is 2. The Bertz CT molecular complexity index is 558. The highest BCUT2D eigenvalue weighted by atomic mass is 16.5. The van der Waals surface area contributed by atoms with Crippen LogP contribution in [0.2, 0.25) is 0 Å². The number of hydrogen-bond acceptors (Lipinski definition) is 3. The first-order valence-electron chi connectivity index (χ1n) is 5.61. The van der Waals surface area contributed by atoms with Gasteiger partial charge in [-0.15, -0.1) is 0 Å². The van der Waals surface area contributed by atoms with Crippen molar-refractivity contribution < 1.29 is 9.47 Å². The summed E-state index contributed by atoms with van der Waals surface area (Å²) in [6.07, 6.45) is 0.301. The van der Waals surface area contributed by atoms with E-state index in [2.05, 4.69) is 6.07 Å². The molecule has 0 spiro atoms. The van der Waals surface area contributed by atoms with Gasteiger partial charge in [-0.2, -0.15) is 5.26 Å². The van der Waals surface area contributed by atoms with Crippen molar-refractivity contribution in [3.05, 3.63) is 54.1 Å². The Morgan fingerprint density at radius 1 is 1.06 bits per heavy atom. The first kappa shape index (κ1) is 12.0. The third-order valence-electron chi connectivity index (χ3n) is 2.51. The second kappa shape index (κ2) is 5.74. The minimum Gasteiger partial charge on any atom is -0.493 e. The van der Waals surface area contributed by atoms with E-state index in [1.54, 1.807) is 7.11 Å². The summed E-state index contributed by atoms with van der Waals surface area (Å²) in [6, 6.07) is 17.1. The lowest BCUT2D eigenvalue weighted by Gasteiger charge is -2.12. The molecule has 90 valence electrons. The third-order valence-corrected chi connectivity index (χ3v) is 2.51. The molecule has 0 N–H and O–H groups in total. The summed E-state index contributed by atoms with van der Waals surface area (Å²) in [7, 11) is 1.58. The molecular weight excluding hydrogens is 226 g/mol. The summed E-state index contributed by atoms with van der Waals surface area (Å²) in [5, 5.41) is 8.77.